The third-order valence-corrected chi connectivity index (χ3v) is 5.71. The molecule has 3 aliphatic rings. The zero-order chi connectivity index (χ0) is 10.8. The standard InChI is InChI=1S/C10H16O4S/c1-5-7-3-15(11,12)4-8(7)10(13-5)9-6(2)14-9/h5-10H,3-4H2,1-2H3. The van der Waals surface area contributed by atoms with E-state index >= 15 is 0 Å². The molecular formula is C10H16O4S. The zero-order valence-electron chi connectivity index (χ0n) is 8.92. The Morgan fingerprint density at radius 3 is 2.07 bits per heavy atom. The maximum Gasteiger partial charge on any atom is 0.151 e. The SMILES string of the molecule is CC1OC(C2OC2C)C2CS(=O)(=O)CC12. The average molecular weight is 232 g/mol. The minimum Gasteiger partial charge on any atom is -0.372 e. The molecule has 86 valence electrons. The third kappa shape index (κ3) is 1.52. The molecule has 0 N–H and O–H groups in total. The lowest BCUT2D eigenvalue weighted by Gasteiger charge is -2.13. The summed E-state index contributed by atoms with van der Waals surface area (Å²) in [6, 6.07) is 0. The summed E-state index contributed by atoms with van der Waals surface area (Å²) in [5.41, 5.74) is 0. The van der Waals surface area contributed by atoms with Crippen LogP contribution in [0.25, 0.3) is 0 Å². The molecule has 3 rings (SSSR count). The first-order valence-electron chi connectivity index (χ1n) is 5.49. The molecule has 15 heavy (non-hydrogen) atoms. The maximum absolute atomic E-state index is 11.6. The van der Waals surface area contributed by atoms with Gasteiger partial charge >= 0.3 is 0 Å². The molecule has 0 radical (unpaired) electrons. The van der Waals surface area contributed by atoms with Crippen molar-refractivity contribution >= 4 is 9.84 Å². The highest BCUT2D eigenvalue weighted by Gasteiger charge is 2.57. The van der Waals surface area contributed by atoms with Crippen LogP contribution in [0.1, 0.15) is 13.8 Å². The number of hydrogen-bond donors (Lipinski definition) is 0. The van der Waals surface area contributed by atoms with E-state index < -0.39 is 9.84 Å². The van der Waals surface area contributed by atoms with E-state index in [9.17, 15) is 8.42 Å². The summed E-state index contributed by atoms with van der Waals surface area (Å²) in [6.07, 6.45) is 0.450. The Bertz CT molecular complexity index is 377. The molecule has 0 aromatic rings. The first-order valence-corrected chi connectivity index (χ1v) is 7.31. The van der Waals surface area contributed by atoms with E-state index in [1.54, 1.807) is 0 Å². The summed E-state index contributed by atoms with van der Waals surface area (Å²) in [6.45, 7) is 3.99. The topological polar surface area (TPSA) is 55.9 Å². The van der Waals surface area contributed by atoms with E-state index in [1.807, 2.05) is 13.8 Å². The lowest BCUT2D eigenvalue weighted by molar-refractivity contribution is 0.0239. The Hall–Kier alpha value is -0.130. The minimum atomic E-state index is -2.83. The van der Waals surface area contributed by atoms with E-state index in [2.05, 4.69) is 0 Å². The Kier molecular flexibility index (Phi) is 1.98. The molecule has 6 atom stereocenters. The number of hydrogen-bond acceptors (Lipinski definition) is 4. The molecule has 3 heterocycles. The van der Waals surface area contributed by atoms with Crippen molar-refractivity contribution in [2.24, 2.45) is 11.8 Å². The molecule has 0 aromatic carbocycles. The predicted octanol–water partition coefficient (Wildman–Crippen LogP) is 0.222. The van der Waals surface area contributed by atoms with Crippen LogP contribution >= 0.6 is 0 Å². The van der Waals surface area contributed by atoms with E-state index in [0.29, 0.717) is 11.5 Å². The van der Waals surface area contributed by atoms with Gasteiger partial charge in [0.05, 0.1) is 29.8 Å². The van der Waals surface area contributed by atoms with Gasteiger partial charge in [-0.2, -0.15) is 0 Å². The van der Waals surface area contributed by atoms with Crippen molar-refractivity contribution in [1.82, 2.24) is 0 Å². The molecule has 0 amide bonds. The number of epoxide rings is 1. The van der Waals surface area contributed by atoms with Gasteiger partial charge in [-0.3, -0.25) is 0 Å². The molecule has 0 saturated carbocycles. The fourth-order valence-electron chi connectivity index (χ4n) is 3.04. The molecule has 3 aliphatic heterocycles. The Morgan fingerprint density at radius 1 is 0.933 bits per heavy atom. The van der Waals surface area contributed by atoms with Crippen LogP contribution in [0.2, 0.25) is 0 Å². The first-order chi connectivity index (χ1) is 6.98. The number of rotatable bonds is 1. The summed E-state index contributed by atoms with van der Waals surface area (Å²) < 4.78 is 34.4. The van der Waals surface area contributed by atoms with Crippen LogP contribution in [0.15, 0.2) is 0 Å². The summed E-state index contributed by atoms with van der Waals surface area (Å²) in [4.78, 5) is 0. The van der Waals surface area contributed by atoms with Gasteiger partial charge in [0.15, 0.2) is 9.84 Å². The Balaban J connectivity index is 1.84. The maximum atomic E-state index is 11.6. The highest BCUT2D eigenvalue weighted by atomic mass is 32.2. The van der Waals surface area contributed by atoms with Gasteiger partial charge in [-0.1, -0.05) is 0 Å². The molecule has 5 heteroatoms. The van der Waals surface area contributed by atoms with Crippen LogP contribution in [0.4, 0.5) is 0 Å². The first kappa shape index (κ1) is 10.1. The summed E-state index contributed by atoms with van der Waals surface area (Å²) in [5.74, 6) is 0.951. The second kappa shape index (κ2) is 2.96. The lowest BCUT2D eigenvalue weighted by Crippen LogP contribution is -2.27. The van der Waals surface area contributed by atoms with Gasteiger partial charge in [-0.15, -0.1) is 0 Å². The van der Waals surface area contributed by atoms with Crippen molar-refractivity contribution in [1.29, 1.82) is 0 Å². The number of ether oxygens (including phenoxy) is 2. The highest BCUT2D eigenvalue weighted by molar-refractivity contribution is 7.91. The molecule has 0 aromatic heterocycles. The van der Waals surface area contributed by atoms with Gasteiger partial charge in [0.2, 0.25) is 0 Å². The molecule has 0 bridgehead atoms. The molecule has 0 spiro atoms. The normalized spacial score (nSPS) is 56.7. The highest BCUT2D eigenvalue weighted by Crippen LogP contribution is 2.45. The van der Waals surface area contributed by atoms with Gasteiger partial charge in [0.1, 0.15) is 6.10 Å². The Morgan fingerprint density at radius 2 is 1.47 bits per heavy atom. The fraction of sp³-hybridized carbons (Fsp3) is 1.00. The van der Waals surface area contributed by atoms with E-state index in [1.165, 1.54) is 0 Å². The summed E-state index contributed by atoms with van der Waals surface area (Å²) >= 11 is 0. The van der Waals surface area contributed by atoms with Crippen molar-refractivity contribution < 1.29 is 17.9 Å². The van der Waals surface area contributed by atoms with Gasteiger partial charge in [-0.25, -0.2) is 8.42 Å². The molecule has 0 aliphatic carbocycles. The van der Waals surface area contributed by atoms with Crippen LogP contribution in [-0.4, -0.2) is 44.3 Å². The van der Waals surface area contributed by atoms with Crippen LogP contribution < -0.4 is 0 Å². The molecule has 3 fully saturated rings. The Labute approximate surface area is 89.9 Å². The smallest absolute Gasteiger partial charge is 0.151 e. The second-order valence-electron chi connectivity index (χ2n) is 5.02. The minimum absolute atomic E-state index is 0.0114. The third-order valence-electron chi connectivity index (χ3n) is 3.92. The van der Waals surface area contributed by atoms with Gasteiger partial charge < -0.3 is 9.47 Å². The van der Waals surface area contributed by atoms with Crippen molar-refractivity contribution in [2.75, 3.05) is 11.5 Å². The fourth-order valence-corrected chi connectivity index (χ4v) is 5.31. The molecule has 6 unspecified atom stereocenters. The van der Waals surface area contributed by atoms with Crippen molar-refractivity contribution in [3.05, 3.63) is 0 Å². The monoisotopic (exact) mass is 232 g/mol. The number of fused-ring (bicyclic) bond motifs is 1. The lowest BCUT2D eigenvalue weighted by atomic mass is 9.89. The van der Waals surface area contributed by atoms with E-state index in [4.69, 9.17) is 9.47 Å². The van der Waals surface area contributed by atoms with E-state index in [0.717, 1.165) is 0 Å². The van der Waals surface area contributed by atoms with Crippen LogP contribution in [0.5, 0.6) is 0 Å². The van der Waals surface area contributed by atoms with Crippen LogP contribution in [0, 0.1) is 11.8 Å². The quantitative estimate of drug-likeness (QED) is 0.607. The molecule has 3 saturated heterocycles. The number of sulfone groups is 1. The van der Waals surface area contributed by atoms with E-state index in [-0.39, 0.29) is 36.3 Å². The summed E-state index contributed by atoms with van der Waals surface area (Å²) in [5, 5.41) is 0. The van der Waals surface area contributed by atoms with Crippen LogP contribution in [-0.2, 0) is 19.3 Å². The largest absolute Gasteiger partial charge is 0.372 e. The molecule has 4 nitrogen and oxygen atoms in total. The molecular weight excluding hydrogens is 216 g/mol. The second-order valence-corrected chi connectivity index (χ2v) is 7.17. The van der Waals surface area contributed by atoms with Gasteiger partial charge in [0.25, 0.3) is 0 Å². The van der Waals surface area contributed by atoms with Gasteiger partial charge in [0, 0.05) is 11.8 Å². The van der Waals surface area contributed by atoms with Gasteiger partial charge in [-0.05, 0) is 13.8 Å². The predicted molar refractivity (Wildman–Crippen MR) is 54.3 cm³/mol. The van der Waals surface area contributed by atoms with Crippen molar-refractivity contribution in [2.45, 2.75) is 38.3 Å². The zero-order valence-corrected chi connectivity index (χ0v) is 9.74. The summed E-state index contributed by atoms with van der Waals surface area (Å²) in [7, 11) is -2.83. The van der Waals surface area contributed by atoms with Crippen molar-refractivity contribution in [3.63, 3.8) is 0 Å². The van der Waals surface area contributed by atoms with Crippen molar-refractivity contribution in [3.8, 4) is 0 Å². The average Bonchev–Trinajstić information content (AvgIpc) is 2.64. The van der Waals surface area contributed by atoms with Crippen LogP contribution in [0.3, 0.4) is 0 Å².